The van der Waals surface area contributed by atoms with E-state index in [9.17, 15) is 4.79 Å². The van der Waals surface area contributed by atoms with Crippen LogP contribution in [0.2, 0.25) is 0 Å². The molecule has 4 rings (SSSR count). The highest BCUT2D eigenvalue weighted by molar-refractivity contribution is 8.02. The molecule has 0 aliphatic carbocycles. The van der Waals surface area contributed by atoms with Gasteiger partial charge in [0, 0.05) is 19.6 Å². The Hall–Kier alpha value is -1.40. The maximum Gasteiger partial charge on any atom is 0.234 e. The van der Waals surface area contributed by atoms with Gasteiger partial charge >= 0.3 is 0 Å². The molecule has 2 atom stereocenters. The lowest BCUT2D eigenvalue weighted by Gasteiger charge is -2.40. The molecule has 0 aromatic heterocycles. The summed E-state index contributed by atoms with van der Waals surface area (Å²) in [5, 5.41) is 3.27. The molecule has 0 radical (unpaired) electrons. The number of benzene rings is 1. The average Bonchev–Trinajstić information content (AvgIpc) is 2.84. The average molecular weight is 334 g/mol. The van der Waals surface area contributed by atoms with Gasteiger partial charge in [-0.15, -0.1) is 11.8 Å². The molecule has 6 heteroatoms. The number of piperidine rings is 1. The molecule has 1 amide bonds. The predicted octanol–water partition coefficient (Wildman–Crippen LogP) is 1.87. The molecule has 3 aliphatic heterocycles. The fourth-order valence-electron chi connectivity index (χ4n) is 3.53. The van der Waals surface area contributed by atoms with Gasteiger partial charge in [-0.3, -0.25) is 9.69 Å². The van der Waals surface area contributed by atoms with Crippen molar-refractivity contribution in [3.63, 3.8) is 0 Å². The van der Waals surface area contributed by atoms with Crippen molar-refractivity contribution in [2.45, 2.75) is 36.0 Å². The zero-order valence-corrected chi connectivity index (χ0v) is 14.1. The first-order valence-corrected chi connectivity index (χ1v) is 9.12. The van der Waals surface area contributed by atoms with E-state index in [2.05, 4.69) is 10.2 Å². The minimum atomic E-state index is -0.0382. The first-order valence-electron chi connectivity index (χ1n) is 8.24. The van der Waals surface area contributed by atoms with Crippen molar-refractivity contribution in [2.24, 2.45) is 0 Å². The molecule has 1 aromatic carbocycles. The minimum absolute atomic E-state index is 0.0382. The molecule has 0 bridgehead atoms. The zero-order valence-electron chi connectivity index (χ0n) is 13.3. The van der Waals surface area contributed by atoms with Crippen molar-refractivity contribution in [2.75, 3.05) is 26.2 Å². The fraction of sp³-hybridized carbons (Fsp3) is 0.588. The number of thioether (sulfide) groups is 1. The molecule has 1 N–H and O–H groups in total. The van der Waals surface area contributed by atoms with Gasteiger partial charge in [-0.1, -0.05) is 12.1 Å². The largest absolute Gasteiger partial charge is 0.486 e. The molecular weight excluding hydrogens is 312 g/mol. The van der Waals surface area contributed by atoms with Crippen LogP contribution in [0.15, 0.2) is 24.3 Å². The molecular formula is C17H22N2O3S. The lowest BCUT2D eigenvalue weighted by Crippen LogP contribution is -2.52. The van der Waals surface area contributed by atoms with E-state index in [1.54, 1.807) is 11.8 Å². The third-order valence-electron chi connectivity index (χ3n) is 4.82. The van der Waals surface area contributed by atoms with Crippen LogP contribution in [0.5, 0.6) is 11.5 Å². The van der Waals surface area contributed by atoms with Gasteiger partial charge in [-0.2, -0.15) is 0 Å². The first-order chi connectivity index (χ1) is 11.1. The normalized spacial score (nSPS) is 29.5. The van der Waals surface area contributed by atoms with Crippen molar-refractivity contribution < 1.29 is 14.3 Å². The molecule has 2 unspecified atom stereocenters. The van der Waals surface area contributed by atoms with E-state index in [1.165, 1.54) is 0 Å². The first kappa shape index (κ1) is 15.1. The van der Waals surface area contributed by atoms with Crippen LogP contribution in [-0.4, -0.2) is 53.3 Å². The van der Waals surface area contributed by atoms with Crippen LogP contribution < -0.4 is 14.8 Å². The Labute approximate surface area is 140 Å². The fourth-order valence-corrected chi connectivity index (χ4v) is 4.95. The Kier molecular flexibility index (Phi) is 3.89. The number of rotatable bonds is 2. The van der Waals surface area contributed by atoms with Gasteiger partial charge in [-0.25, -0.2) is 0 Å². The number of carbonyl (C=O) groups excluding carboxylic acids is 1. The van der Waals surface area contributed by atoms with Crippen molar-refractivity contribution in [1.29, 1.82) is 0 Å². The van der Waals surface area contributed by atoms with Crippen LogP contribution in [-0.2, 0) is 4.79 Å². The highest BCUT2D eigenvalue weighted by Gasteiger charge is 2.45. The van der Waals surface area contributed by atoms with Crippen LogP contribution in [0.4, 0.5) is 0 Å². The van der Waals surface area contributed by atoms with Crippen molar-refractivity contribution in [1.82, 2.24) is 10.2 Å². The van der Waals surface area contributed by atoms with Gasteiger partial charge in [0.25, 0.3) is 0 Å². The van der Waals surface area contributed by atoms with Crippen LogP contribution in [0, 0.1) is 0 Å². The smallest absolute Gasteiger partial charge is 0.234 e. The summed E-state index contributed by atoms with van der Waals surface area (Å²) in [5.74, 6) is 1.86. The van der Waals surface area contributed by atoms with Crippen LogP contribution in [0.25, 0.3) is 0 Å². The quantitative estimate of drug-likeness (QED) is 0.895. The molecule has 5 nitrogen and oxygen atoms in total. The Morgan fingerprint density at radius 1 is 1.30 bits per heavy atom. The van der Waals surface area contributed by atoms with Gasteiger partial charge in [0.1, 0.15) is 12.7 Å². The third kappa shape index (κ3) is 3.02. The van der Waals surface area contributed by atoms with E-state index in [-0.39, 0.29) is 22.1 Å². The second-order valence-electron chi connectivity index (χ2n) is 6.54. The monoisotopic (exact) mass is 334 g/mol. The van der Waals surface area contributed by atoms with Gasteiger partial charge in [0.2, 0.25) is 5.91 Å². The van der Waals surface area contributed by atoms with Crippen LogP contribution in [0.3, 0.4) is 0 Å². The number of carbonyl (C=O) groups is 1. The lowest BCUT2D eigenvalue weighted by molar-refractivity contribution is -0.120. The Balaban J connectivity index is 1.32. The summed E-state index contributed by atoms with van der Waals surface area (Å²) in [6.45, 7) is 5.44. The summed E-state index contributed by atoms with van der Waals surface area (Å²) in [6, 6.07) is 7.83. The minimum Gasteiger partial charge on any atom is -0.486 e. The standard InChI is InChI=1S/C17H22N2O3S/c1-12-16(20)18-17(23-12)6-8-19(9-7-17)10-13-11-21-14-4-2-3-5-15(14)22-13/h2-5,12-13H,6-11H2,1H3,(H,18,20). The highest BCUT2D eigenvalue weighted by atomic mass is 32.2. The van der Waals surface area contributed by atoms with Crippen LogP contribution in [0.1, 0.15) is 19.8 Å². The highest BCUT2D eigenvalue weighted by Crippen LogP contribution is 2.41. The molecule has 2 saturated heterocycles. The van der Waals surface area contributed by atoms with E-state index >= 15 is 0 Å². The van der Waals surface area contributed by atoms with Crippen molar-refractivity contribution in [3.8, 4) is 11.5 Å². The number of hydrogen-bond acceptors (Lipinski definition) is 5. The zero-order chi connectivity index (χ0) is 15.9. The maximum atomic E-state index is 11.8. The Morgan fingerprint density at radius 3 is 2.74 bits per heavy atom. The molecule has 1 aromatic rings. The van der Waals surface area contributed by atoms with E-state index in [0.29, 0.717) is 6.61 Å². The van der Waals surface area contributed by atoms with Crippen LogP contribution >= 0.6 is 11.8 Å². The molecule has 2 fully saturated rings. The van der Waals surface area contributed by atoms with Gasteiger partial charge in [0.15, 0.2) is 11.5 Å². The second kappa shape index (κ2) is 5.91. The number of likely N-dealkylation sites (tertiary alicyclic amines) is 1. The topological polar surface area (TPSA) is 50.8 Å². The Morgan fingerprint density at radius 2 is 2.04 bits per heavy atom. The summed E-state index contributed by atoms with van der Waals surface area (Å²) in [4.78, 5) is 14.2. The van der Waals surface area contributed by atoms with E-state index in [4.69, 9.17) is 9.47 Å². The van der Waals surface area contributed by atoms with Gasteiger partial charge in [0.05, 0.1) is 10.1 Å². The van der Waals surface area contributed by atoms with Gasteiger partial charge < -0.3 is 14.8 Å². The summed E-state index contributed by atoms with van der Waals surface area (Å²) in [5.41, 5.74) is 0. The number of amides is 1. The number of nitrogens with one attached hydrogen (secondary N) is 1. The second-order valence-corrected chi connectivity index (χ2v) is 8.27. The molecule has 23 heavy (non-hydrogen) atoms. The maximum absolute atomic E-state index is 11.8. The van der Waals surface area contributed by atoms with Crippen molar-refractivity contribution in [3.05, 3.63) is 24.3 Å². The van der Waals surface area contributed by atoms with Crippen molar-refractivity contribution >= 4 is 17.7 Å². The summed E-state index contributed by atoms with van der Waals surface area (Å²) < 4.78 is 11.8. The summed E-state index contributed by atoms with van der Waals surface area (Å²) in [6.07, 6.45) is 2.07. The molecule has 3 aliphatic rings. The van der Waals surface area contributed by atoms with Gasteiger partial charge in [-0.05, 0) is 31.9 Å². The lowest BCUT2D eigenvalue weighted by atomic mass is 10.0. The van der Waals surface area contributed by atoms with E-state index < -0.39 is 0 Å². The summed E-state index contributed by atoms with van der Waals surface area (Å²) in [7, 11) is 0. The number of fused-ring (bicyclic) bond motifs is 1. The molecule has 3 heterocycles. The number of ether oxygens (including phenoxy) is 2. The molecule has 0 saturated carbocycles. The molecule has 124 valence electrons. The van der Waals surface area contributed by atoms with E-state index in [1.807, 2.05) is 31.2 Å². The SMILES string of the molecule is CC1SC2(CCN(CC3COc4ccccc4O3)CC2)NC1=O. The van der Waals surface area contributed by atoms with E-state index in [0.717, 1.165) is 44.0 Å². The number of hydrogen-bond donors (Lipinski definition) is 1. The number of para-hydroxylation sites is 2. The number of nitrogens with zero attached hydrogens (tertiary/aromatic N) is 1. The summed E-state index contributed by atoms with van der Waals surface area (Å²) >= 11 is 1.79. The Bertz CT molecular complexity index is 601. The third-order valence-corrected chi connectivity index (χ3v) is 6.34. The molecule has 1 spiro atoms. The predicted molar refractivity (Wildman–Crippen MR) is 90.0 cm³/mol.